The highest BCUT2D eigenvalue weighted by atomic mass is 16.5. The Morgan fingerprint density at radius 3 is 2.27 bits per heavy atom. The van der Waals surface area contributed by atoms with Gasteiger partial charge in [-0.05, 0) is 25.0 Å². The van der Waals surface area contributed by atoms with Crippen LogP contribution in [0.5, 0.6) is 0 Å². The number of ether oxygens (including phenoxy) is 1. The van der Waals surface area contributed by atoms with Crippen molar-refractivity contribution in [3.63, 3.8) is 0 Å². The minimum Gasteiger partial charge on any atom is -0.619 e. The summed E-state index contributed by atoms with van der Waals surface area (Å²) in [5.41, 5.74) is 2.69. The number of rotatable bonds is 6. The minimum atomic E-state index is -0.735. The number of benzene rings is 1. The number of hydrogen-bond acceptors (Lipinski definition) is 5. The molecule has 26 heavy (non-hydrogen) atoms. The molecule has 0 aliphatic carbocycles. The summed E-state index contributed by atoms with van der Waals surface area (Å²) in [7, 11) is 0. The average Bonchev–Trinajstić information content (AvgIpc) is 2.61. The fourth-order valence-corrected chi connectivity index (χ4v) is 2.19. The highest BCUT2D eigenvalue weighted by molar-refractivity contribution is 5.96. The summed E-state index contributed by atoms with van der Waals surface area (Å²) in [5.74, 6) is -1.73. The van der Waals surface area contributed by atoms with Crippen LogP contribution >= 0.6 is 0 Å². The first kappa shape index (κ1) is 18.9. The number of anilines is 1. The molecule has 2 rings (SSSR count). The molecule has 0 radical (unpaired) electrons. The predicted molar refractivity (Wildman–Crippen MR) is 93.2 cm³/mol. The van der Waals surface area contributed by atoms with Gasteiger partial charge in [-0.2, -0.15) is 4.73 Å². The lowest BCUT2D eigenvalue weighted by atomic mass is 10.1. The van der Waals surface area contributed by atoms with Gasteiger partial charge < -0.3 is 20.6 Å². The Balaban J connectivity index is 1.77. The summed E-state index contributed by atoms with van der Waals surface area (Å²) < 4.78 is 5.35. The van der Waals surface area contributed by atoms with Crippen LogP contribution in [0.4, 0.5) is 5.69 Å². The van der Waals surface area contributed by atoms with Gasteiger partial charge in [-0.3, -0.25) is 9.59 Å². The van der Waals surface area contributed by atoms with Gasteiger partial charge in [0.15, 0.2) is 19.0 Å². The van der Waals surface area contributed by atoms with Crippen molar-refractivity contribution < 1.29 is 23.9 Å². The number of nitrogens with one attached hydrogen (secondary N) is 2. The smallest absolute Gasteiger partial charge is 0.339 e. The van der Waals surface area contributed by atoms with E-state index in [0.29, 0.717) is 10.4 Å². The molecule has 0 spiro atoms. The summed E-state index contributed by atoms with van der Waals surface area (Å²) in [4.78, 5) is 35.4. The van der Waals surface area contributed by atoms with Gasteiger partial charge in [0.05, 0.1) is 12.1 Å². The Morgan fingerprint density at radius 1 is 1.04 bits per heavy atom. The average molecular weight is 357 g/mol. The minimum absolute atomic E-state index is 0.151. The number of amides is 2. The van der Waals surface area contributed by atoms with Crippen LogP contribution in [0, 0.1) is 19.1 Å². The molecule has 0 saturated carbocycles. The zero-order chi connectivity index (χ0) is 19.1. The quantitative estimate of drug-likeness (QED) is 0.452. The fraction of sp³-hybridized carbons (Fsp3) is 0.222. The van der Waals surface area contributed by atoms with E-state index in [4.69, 9.17) is 4.74 Å². The van der Waals surface area contributed by atoms with Gasteiger partial charge >= 0.3 is 5.97 Å². The summed E-state index contributed by atoms with van der Waals surface area (Å²) in [5, 5.41) is 16.0. The van der Waals surface area contributed by atoms with Gasteiger partial charge in [-0.25, -0.2) is 4.79 Å². The van der Waals surface area contributed by atoms with E-state index in [9.17, 15) is 19.6 Å². The first-order chi connectivity index (χ1) is 12.4. The molecular weight excluding hydrogens is 338 g/mol. The van der Waals surface area contributed by atoms with Crippen molar-refractivity contribution in [2.24, 2.45) is 0 Å². The molecule has 1 heterocycles. The zero-order valence-corrected chi connectivity index (χ0v) is 14.4. The van der Waals surface area contributed by atoms with Crippen LogP contribution in [0.2, 0.25) is 0 Å². The Hall–Kier alpha value is -3.42. The third-order valence-electron chi connectivity index (χ3n) is 3.56. The van der Waals surface area contributed by atoms with Crippen molar-refractivity contribution in [1.82, 2.24) is 5.32 Å². The predicted octanol–water partition coefficient (Wildman–Crippen LogP) is 0.849. The summed E-state index contributed by atoms with van der Waals surface area (Å²) in [6.45, 7) is 2.98. The number of carbonyl (C=O) groups is 3. The lowest BCUT2D eigenvalue weighted by molar-refractivity contribution is -0.605. The molecule has 2 amide bonds. The maximum Gasteiger partial charge on any atom is 0.339 e. The van der Waals surface area contributed by atoms with Gasteiger partial charge in [0.1, 0.15) is 0 Å². The maximum absolute atomic E-state index is 11.9. The molecule has 0 aliphatic heterocycles. The number of hydrogen-bond donors (Lipinski definition) is 2. The van der Waals surface area contributed by atoms with Crippen molar-refractivity contribution in [1.29, 1.82) is 0 Å². The van der Waals surface area contributed by atoms with E-state index in [1.807, 2.05) is 32.0 Å². The van der Waals surface area contributed by atoms with Gasteiger partial charge in [0.25, 0.3) is 5.91 Å². The van der Waals surface area contributed by atoms with Crippen LogP contribution in [0.25, 0.3) is 0 Å². The highest BCUT2D eigenvalue weighted by Gasteiger charge is 2.13. The van der Waals surface area contributed by atoms with Crippen LogP contribution in [0.15, 0.2) is 42.7 Å². The van der Waals surface area contributed by atoms with Crippen molar-refractivity contribution >= 4 is 23.5 Å². The van der Waals surface area contributed by atoms with Crippen LogP contribution in [-0.4, -0.2) is 30.9 Å². The van der Waals surface area contributed by atoms with Crippen LogP contribution in [0.3, 0.4) is 0 Å². The molecule has 0 aliphatic rings. The second-order valence-corrected chi connectivity index (χ2v) is 5.61. The molecule has 1 aromatic heterocycles. The third-order valence-corrected chi connectivity index (χ3v) is 3.56. The van der Waals surface area contributed by atoms with E-state index in [0.717, 1.165) is 23.5 Å². The normalized spacial score (nSPS) is 10.1. The van der Waals surface area contributed by atoms with Gasteiger partial charge in [-0.1, -0.05) is 18.2 Å². The monoisotopic (exact) mass is 357 g/mol. The van der Waals surface area contributed by atoms with Gasteiger partial charge in [0, 0.05) is 17.8 Å². The third kappa shape index (κ3) is 5.30. The Morgan fingerprint density at radius 2 is 1.65 bits per heavy atom. The lowest BCUT2D eigenvalue weighted by Gasteiger charge is -2.12. The van der Waals surface area contributed by atoms with Gasteiger partial charge in [0.2, 0.25) is 5.91 Å². The lowest BCUT2D eigenvalue weighted by Crippen LogP contribution is -2.35. The molecule has 1 aromatic carbocycles. The van der Waals surface area contributed by atoms with E-state index < -0.39 is 18.5 Å². The number of esters is 1. The van der Waals surface area contributed by atoms with Crippen molar-refractivity contribution in [2.45, 2.75) is 13.8 Å². The SMILES string of the molecule is Cc1cccc(C)c1NC(=O)CNC(=O)COC(=O)c1cc[n+]([O-])cc1. The molecule has 136 valence electrons. The number of para-hydroxylation sites is 1. The van der Waals surface area contributed by atoms with E-state index in [-0.39, 0.29) is 18.0 Å². The molecular formula is C18H19N3O5. The number of aryl methyl sites for hydroxylation is 2. The second-order valence-electron chi connectivity index (χ2n) is 5.61. The molecule has 0 atom stereocenters. The van der Waals surface area contributed by atoms with E-state index in [2.05, 4.69) is 10.6 Å². The van der Waals surface area contributed by atoms with E-state index in [1.54, 1.807) is 0 Å². The molecule has 8 nitrogen and oxygen atoms in total. The van der Waals surface area contributed by atoms with E-state index in [1.165, 1.54) is 12.1 Å². The van der Waals surface area contributed by atoms with Crippen LogP contribution < -0.4 is 15.4 Å². The van der Waals surface area contributed by atoms with Crippen LogP contribution in [-0.2, 0) is 14.3 Å². The molecule has 2 aromatic rings. The maximum atomic E-state index is 11.9. The summed E-state index contributed by atoms with van der Waals surface area (Å²) >= 11 is 0. The standard InChI is InChI=1S/C18H19N3O5/c1-12-4-3-5-13(2)17(12)20-15(22)10-19-16(23)11-26-18(24)14-6-8-21(25)9-7-14/h3-9H,10-11H2,1-2H3,(H,19,23)(H,20,22). The number of carbonyl (C=O) groups excluding carboxylic acids is 3. The number of nitrogens with zero attached hydrogens (tertiary/aromatic N) is 1. The topological polar surface area (TPSA) is 111 Å². The van der Waals surface area contributed by atoms with Crippen molar-refractivity contribution in [2.75, 3.05) is 18.5 Å². The van der Waals surface area contributed by atoms with E-state index >= 15 is 0 Å². The van der Waals surface area contributed by atoms with Crippen molar-refractivity contribution in [3.05, 3.63) is 64.6 Å². The highest BCUT2D eigenvalue weighted by Crippen LogP contribution is 2.18. The first-order valence-electron chi connectivity index (χ1n) is 7.85. The Bertz CT molecular complexity index is 798. The van der Waals surface area contributed by atoms with Crippen molar-refractivity contribution in [3.8, 4) is 0 Å². The molecule has 0 unspecified atom stereocenters. The molecule has 0 fully saturated rings. The zero-order valence-electron chi connectivity index (χ0n) is 14.4. The number of aromatic nitrogens is 1. The summed E-state index contributed by atoms with van der Waals surface area (Å²) in [6, 6.07) is 8.20. The second kappa shape index (κ2) is 8.61. The van der Waals surface area contributed by atoms with Crippen LogP contribution in [0.1, 0.15) is 21.5 Å². The Kier molecular flexibility index (Phi) is 6.26. The van der Waals surface area contributed by atoms with Gasteiger partial charge in [-0.15, -0.1) is 0 Å². The molecule has 0 saturated heterocycles. The first-order valence-corrected chi connectivity index (χ1v) is 7.85. The molecule has 8 heteroatoms. The largest absolute Gasteiger partial charge is 0.619 e. The summed E-state index contributed by atoms with van der Waals surface area (Å²) in [6.07, 6.45) is 2.29. The number of pyridine rings is 1. The fourth-order valence-electron chi connectivity index (χ4n) is 2.19. The molecule has 2 N–H and O–H groups in total. The molecule has 0 bridgehead atoms. The Labute approximate surface area is 150 Å².